The average Bonchev–Trinajstić information content (AvgIpc) is 2.46. The van der Waals surface area contributed by atoms with E-state index in [0.717, 1.165) is 27.2 Å². The largest absolute Gasteiger partial charge is 0.466 e. The first-order valence-electron chi connectivity index (χ1n) is 6.26. The molecule has 5 heteroatoms. The van der Waals surface area contributed by atoms with Crippen LogP contribution in [0.25, 0.3) is 17.0 Å². The van der Waals surface area contributed by atoms with Crippen molar-refractivity contribution in [2.24, 2.45) is 0 Å². The molecule has 1 aliphatic heterocycles. The highest BCUT2D eigenvalue weighted by Crippen LogP contribution is 2.33. The lowest BCUT2D eigenvalue weighted by Gasteiger charge is -2.25. The normalized spacial score (nSPS) is 13.9. The van der Waals surface area contributed by atoms with Crippen LogP contribution in [0.5, 0.6) is 0 Å². The van der Waals surface area contributed by atoms with E-state index >= 15 is 0 Å². The summed E-state index contributed by atoms with van der Waals surface area (Å²) in [5.41, 5.74) is 3.43. The zero-order chi connectivity index (χ0) is 14.3. The van der Waals surface area contributed by atoms with E-state index in [1.165, 1.54) is 7.11 Å². The number of aryl methyl sites for hydroxylation is 1. The highest BCUT2D eigenvalue weighted by molar-refractivity contribution is 6.02. The number of fused-ring (bicyclic) bond motifs is 3. The van der Waals surface area contributed by atoms with Gasteiger partial charge < -0.3 is 4.74 Å². The second kappa shape index (κ2) is 4.61. The molecule has 0 radical (unpaired) electrons. The number of anilines is 1. The summed E-state index contributed by atoms with van der Waals surface area (Å²) in [5, 5.41) is 12.1. The fourth-order valence-corrected chi connectivity index (χ4v) is 2.39. The van der Waals surface area contributed by atoms with Gasteiger partial charge in [0.15, 0.2) is 0 Å². The summed E-state index contributed by atoms with van der Waals surface area (Å²) >= 11 is 0. The van der Waals surface area contributed by atoms with Gasteiger partial charge in [0, 0.05) is 16.6 Å². The molecule has 0 aliphatic carbocycles. The molecule has 20 heavy (non-hydrogen) atoms. The average molecular weight is 270 g/mol. The van der Waals surface area contributed by atoms with Gasteiger partial charge in [0.25, 0.3) is 0 Å². The van der Waals surface area contributed by atoms with Crippen LogP contribution in [0.4, 0.5) is 5.69 Å². The lowest BCUT2D eigenvalue weighted by molar-refractivity contribution is -0.136. The summed E-state index contributed by atoms with van der Waals surface area (Å²) in [4.78, 5) is 16.2. The van der Waals surface area contributed by atoms with Gasteiger partial charge in [-0.15, -0.1) is 0 Å². The van der Waals surface area contributed by atoms with Gasteiger partial charge in [-0.3, -0.25) is 15.3 Å². The number of esters is 1. The molecular formula is C15H14N2O3. The predicted molar refractivity (Wildman–Crippen MR) is 75.6 cm³/mol. The second-order valence-electron chi connectivity index (χ2n) is 4.74. The Morgan fingerprint density at radius 3 is 2.85 bits per heavy atom. The Morgan fingerprint density at radius 1 is 1.35 bits per heavy atom. The van der Waals surface area contributed by atoms with Gasteiger partial charge in [0.2, 0.25) is 0 Å². The Hall–Kier alpha value is -2.40. The first kappa shape index (κ1) is 12.6. The van der Waals surface area contributed by atoms with E-state index in [4.69, 9.17) is 4.74 Å². The molecule has 0 amide bonds. The number of aromatic nitrogens is 1. The second-order valence-corrected chi connectivity index (χ2v) is 4.74. The van der Waals surface area contributed by atoms with Crippen LogP contribution in [-0.4, -0.2) is 29.8 Å². The van der Waals surface area contributed by atoms with E-state index in [1.54, 1.807) is 6.08 Å². The molecule has 1 aromatic carbocycles. The number of rotatable bonds is 1. The van der Waals surface area contributed by atoms with Crippen LogP contribution in [0.3, 0.4) is 0 Å². The minimum absolute atomic E-state index is 0.108. The number of hydroxylamine groups is 1. The van der Waals surface area contributed by atoms with Crippen molar-refractivity contribution < 1.29 is 14.7 Å². The molecule has 0 spiro atoms. The van der Waals surface area contributed by atoms with Gasteiger partial charge in [-0.1, -0.05) is 12.1 Å². The van der Waals surface area contributed by atoms with Crippen LogP contribution < -0.4 is 5.06 Å². The minimum Gasteiger partial charge on any atom is -0.466 e. The van der Waals surface area contributed by atoms with Crippen LogP contribution >= 0.6 is 0 Å². The molecule has 0 saturated carbocycles. The molecule has 0 unspecified atom stereocenters. The molecule has 102 valence electrons. The summed E-state index contributed by atoms with van der Waals surface area (Å²) in [5.74, 6) is -0.445. The number of carbonyl (C=O) groups is 1. The van der Waals surface area contributed by atoms with Crippen LogP contribution in [0.2, 0.25) is 0 Å². The molecular weight excluding hydrogens is 256 g/mol. The quantitative estimate of drug-likeness (QED) is 0.806. The number of ether oxygens (including phenoxy) is 1. The molecule has 3 rings (SSSR count). The molecule has 0 saturated heterocycles. The maximum Gasteiger partial charge on any atom is 0.335 e. The molecule has 1 N–H and O–H groups in total. The van der Waals surface area contributed by atoms with E-state index < -0.39 is 5.97 Å². The Morgan fingerprint density at radius 2 is 2.10 bits per heavy atom. The third-order valence-electron chi connectivity index (χ3n) is 3.38. The van der Waals surface area contributed by atoms with Gasteiger partial charge in [0.1, 0.15) is 0 Å². The van der Waals surface area contributed by atoms with Crippen LogP contribution in [0.1, 0.15) is 11.3 Å². The molecule has 1 aliphatic rings. The number of nitrogens with zero attached hydrogens (tertiary/aromatic N) is 2. The Bertz CT molecular complexity index is 737. The zero-order valence-electron chi connectivity index (χ0n) is 11.3. The number of pyridine rings is 1. The molecule has 0 atom stereocenters. The SMILES string of the molecule is COC(=O)C1=Cc2c(ccc3ccc(C)nc23)N(O)C1. The van der Waals surface area contributed by atoms with Crippen molar-refractivity contribution >= 4 is 28.6 Å². The first-order valence-corrected chi connectivity index (χ1v) is 6.26. The van der Waals surface area contributed by atoms with Gasteiger partial charge >= 0.3 is 5.97 Å². The Kier molecular flexibility index (Phi) is 2.91. The summed E-state index contributed by atoms with van der Waals surface area (Å²) in [6, 6.07) is 7.62. The van der Waals surface area contributed by atoms with Gasteiger partial charge in [-0.2, -0.15) is 0 Å². The molecule has 1 aromatic heterocycles. The summed E-state index contributed by atoms with van der Waals surface area (Å²) < 4.78 is 4.72. The molecule has 5 nitrogen and oxygen atoms in total. The number of methoxy groups -OCH3 is 1. The van der Waals surface area contributed by atoms with Crippen molar-refractivity contribution in [1.82, 2.24) is 4.98 Å². The molecule has 2 heterocycles. The van der Waals surface area contributed by atoms with E-state index in [0.29, 0.717) is 11.3 Å². The van der Waals surface area contributed by atoms with Crippen molar-refractivity contribution in [2.45, 2.75) is 6.92 Å². The van der Waals surface area contributed by atoms with E-state index in [9.17, 15) is 10.0 Å². The Labute approximate surface area is 116 Å². The number of hydrogen-bond acceptors (Lipinski definition) is 5. The summed E-state index contributed by atoms with van der Waals surface area (Å²) in [6.07, 6.45) is 1.74. The first-order chi connectivity index (χ1) is 9.60. The standard InChI is InChI=1S/C15H14N2O3/c1-9-3-4-10-5-6-13-12(14(10)16-9)7-11(8-17(13)19)15(18)20-2/h3-7,19H,8H2,1-2H3. The van der Waals surface area contributed by atoms with E-state index in [1.807, 2.05) is 31.2 Å². The monoisotopic (exact) mass is 270 g/mol. The molecule has 0 bridgehead atoms. The summed E-state index contributed by atoms with van der Waals surface area (Å²) in [7, 11) is 1.33. The van der Waals surface area contributed by atoms with Crippen LogP contribution in [0.15, 0.2) is 29.8 Å². The van der Waals surface area contributed by atoms with Crippen LogP contribution in [0, 0.1) is 6.92 Å². The fourth-order valence-electron chi connectivity index (χ4n) is 2.39. The summed E-state index contributed by atoms with van der Waals surface area (Å²) in [6.45, 7) is 2.01. The van der Waals surface area contributed by atoms with Gasteiger partial charge in [0.05, 0.1) is 30.4 Å². The van der Waals surface area contributed by atoms with Crippen molar-refractivity contribution in [2.75, 3.05) is 18.7 Å². The van der Waals surface area contributed by atoms with Crippen molar-refractivity contribution in [3.63, 3.8) is 0 Å². The Balaban J connectivity index is 2.28. The molecule has 2 aromatic rings. The molecule has 0 fully saturated rings. The predicted octanol–water partition coefficient (Wildman–Crippen LogP) is 2.31. The highest BCUT2D eigenvalue weighted by Gasteiger charge is 2.23. The number of hydrogen-bond donors (Lipinski definition) is 1. The van der Waals surface area contributed by atoms with Gasteiger partial charge in [-0.05, 0) is 25.1 Å². The van der Waals surface area contributed by atoms with E-state index in [-0.39, 0.29) is 6.54 Å². The van der Waals surface area contributed by atoms with Gasteiger partial charge in [-0.25, -0.2) is 4.79 Å². The van der Waals surface area contributed by atoms with Crippen molar-refractivity contribution in [3.05, 3.63) is 41.1 Å². The minimum atomic E-state index is -0.445. The smallest absolute Gasteiger partial charge is 0.335 e. The number of benzene rings is 1. The van der Waals surface area contributed by atoms with Crippen molar-refractivity contribution in [1.29, 1.82) is 0 Å². The maximum atomic E-state index is 11.7. The maximum absolute atomic E-state index is 11.7. The van der Waals surface area contributed by atoms with E-state index in [2.05, 4.69) is 4.98 Å². The third kappa shape index (κ3) is 1.92. The topological polar surface area (TPSA) is 62.7 Å². The van der Waals surface area contributed by atoms with Crippen molar-refractivity contribution in [3.8, 4) is 0 Å². The third-order valence-corrected chi connectivity index (χ3v) is 3.38. The lowest BCUT2D eigenvalue weighted by Crippen LogP contribution is -2.28. The zero-order valence-corrected chi connectivity index (χ0v) is 11.3. The number of carbonyl (C=O) groups excluding carboxylic acids is 1. The van der Waals surface area contributed by atoms with Crippen LogP contribution in [-0.2, 0) is 9.53 Å². The lowest BCUT2D eigenvalue weighted by atomic mass is 10.0. The highest BCUT2D eigenvalue weighted by atomic mass is 16.5. The fraction of sp³-hybridized carbons (Fsp3) is 0.200.